The van der Waals surface area contributed by atoms with Gasteiger partial charge in [-0.1, -0.05) is 141 Å². The maximum atomic E-state index is 7.48. The number of fused-ring (bicyclic) bond motifs is 7. The fourth-order valence-electron chi connectivity index (χ4n) is 8.82. The van der Waals surface area contributed by atoms with Crippen molar-refractivity contribution in [3.63, 3.8) is 0 Å². The average molecular weight is 699 g/mol. The van der Waals surface area contributed by atoms with Crippen LogP contribution < -0.4 is 16.1 Å². The molecule has 3 aliphatic rings. The van der Waals surface area contributed by atoms with Gasteiger partial charge in [0.05, 0.1) is 11.4 Å². The van der Waals surface area contributed by atoms with Crippen molar-refractivity contribution in [1.82, 2.24) is 0 Å². The van der Waals surface area contributed by atoms with Crippen LogP contribution in [0.5, 0.6) is 0 Å². The molecule has 2 nitrogen and oxygen atoms in total. The number of nitrogens with zero attached hydrogens (tertiary/aromatic N) is 1. The predicted molar refractivity (Wildman–Crippen MR) is 233 cm³/mol. The van der Waals surface area contributed by atoms with Crippen LogP contribution in [-0.4, -0.2) is 7.85 Å². The van der Waals surface area contributed by atoms with Gasteiger partial charge in [-0.3, -0.25) is 4.90 Å². The third kappa shape index (κ3) is 6.12. The summed E-state index contributed by atoms with van der Waals surface area (Å²) in [5.41, 5.74) is 26.5. The van der Waals surface area contributed by atoms with Crippen molar-refractivity contribution in [3.8, 4) is 33.4 Å². The maximum absolute atomic E-state index is 7.48. The fraction of sp³-hybridized carbons (Fsp3) is 0.176. The van der Waals surface area contributed by atoms with E-state index in [2.05, 4.69) is 167 Å². The van der Waals surface area contributed by atoms with E-state index in [0.29, 0.717) is 11.3 Å². The molecule has 1 aliphatic heterocycles. The summed E-state index contributed by atoms with van der Waals surface area (Å²) in [5, 5.41) is 0. The van der Waals surface area contributed by atoms with Gasteiger partial charge in [0, 0.05) is 16.5 Å². The minimum absolute atomic E-state index is 0.321. The highest BCUT2D eigenvalue weighted by Crippen LogP contribution is 2.57. The van der Waals surface area contributed by atoms with E-state index < -0.39 is 0 Å². The van der Waals surface area contributed by atoms with E-state index in [1.165, 1.54) is 51.8 Å². The number of rotatable bonds is 5. The minimum atomic E-state index is -0.321. The molecule has 2 aliphatic carbocycles. The molecule has 0 aromatic heterocycles. The van der Waals surface area contributed by atoms with Crippen molar-refractivity contribution in [2.24, 2.45) is 5.73 Å². The smallest absolute Gasteiger partial charge is 0.113 e. The molecule has 264 valence electrons. The number of hydrogen-bond donors (Lipinski definition) is 1. The summed E-state index contributed by atoms with van der Waals surface area (Å²) in [6.07, 6.45) is 17.8. The quantitative estimate of drug-likeness (QED) is 0.146. The monoisotopic (exact) mass is 698 g/mol. The Labute approximate surface area is 322 Å². The topological polar surface area (TPSA) is 29.3 Å². The molecule has 0 spiro atoms. The standard InChI is InChI=1S/C51H47BN2/c1-6-34(7-2)30-38-28-33(3)29-48(53)54(47-27-23-39(52)32-45(47)36-18-12-9-13-19-36)50-43(40-24-22-37(31-44(38)40)35-16-10-8-11-17-35)26-25-42-41-20-14-15-21-46(41)51(4,5)49(42)50/h6-7,9,12-16,18-32H,1,8,10-11,17,53H2,2-5H3/b33-28-,34-7+,38-30-,48-29+. The van der Waals surface area contributed by atoms with Crippen molar-refractivity contribution < 1.29 is 0 Å². The predicted octanol–water partition coefficient (Wildman–Crippen LogP) is 12.5. The summed E-state index contributed by atoms with van der Waals surface area (Å²) in [5.74, 6) is 0.633. The molecule has 3 heteroatoms. The first-order valence-corrected chi connectivity index (χ1v) is 19.2. The van der Waals surface area contributed by atoms with Crippen LogP contribution in [0.2, 0.25) is 0 Å². The third-order valence-corrected chi connectivity index (χ3v) is 11.5. The van der Waals surface area contributed by atoms with Crippen LogP contribution in [0.4, 0.5) is 11.4 Å². The molecule has 0 saturated carbocycles. The zero-order chi connectivity index (χ0) is 37.6. The van der Waals surface area contributed by atoms with E-state index in [1.54, 1.807) is 0 Å². The lowest BCUT2D eigenvalue weighted by atomic mass is 9.78. The normalized spacial score (nSPS) is 19.0. The van der Waals surface area contributed by atoms with Gasteiger partial charge < -0.3 is 5.73 Å². The van der Waals surface area contributed by atoms with Gasteiger partial charge in [-0.2, -0.15) is 0 Å². The second-order valence-electron chi connectivity index (χ2n) is 15.3. The van der Waals surface area contributed by atoms with Gasteiger partial charge in [0.1, 0.15) is 13.7 Å². The number of anilines is 2. The van der Waals surface area contributed by atoms with Crippen LogP contribution in [0.1, 0.15) is 75.6 Å². The Balaban J connectivity index is 1.53. The van der Waals surface area contributed by atoms with Crippen LogP contribution in [0.3, 0.4) is 0 Å². The van der Waals surface area contributed by atoms with Crippen molar-refractivity contribution in [2.75, 3.05) is 4.90 Å². The molecule has 0 saturated heterocycles. The van der Waals surface area contributed by atoms with E-state index in [1.807, 2.05) is 12.1 Å². The highest BCUT2D eigenvalue weighted by Gasteiger charge is 2.41. The second kappa shape index (κ2) is 14.2. The molecule has 0 fully saturated rings. The van der Waals surface area contributed by atoms with Gasteiger partial charge >= 0.3 is 0 Å². The molecule has 2 radical (unpaired) electrons. The molecule has 54 heavy (non-hydrogen) atoms. The summed E-state index contributed by atoms with van der Waals surface area (Å²) in [6, 6.07) is 37.3. The van der Waals surface area contributed by atoms with E-state index >= 15 is 0 Å². The van der Waals surface area contributed by atoms with Gasteiger partial charge in [0.2, 0.25) is 0 Å². The van der Waals surface area contributed by atoms with Gasteiger partial charge in [-0.05, 0) is 131 Å². The Hall–Kier alpha value is -5.80. The average Bonchev–Trinajstić information content (AvgIpc) is 3.43. The van der Waals surface area contributed by atoms with Crippen molar-refractivity contribution in [2.45, 2.75) is 58.8 Å². The molecule has 0 bridgehead atoms. The lowest BCUT2D eigenvalue weighted by Crippen LogP contribution is -2.28. The van der Waals surface area contributed by atoms with Crippen LogP contribution in [-0.2, 0) is 5.41 Å². The van der Waals surface area contributed by atoms with Gasteiger partial charge in [0.25, 0.3) is 0 Å². The Morgan fingerprint density at radius 1 is 0.778 bits per heavy atom. The van der Waals surface area contributed by atoms with Crippen LogP contribution in [0, 0.1) is 0 Å². The zero-order valence-corrected chi connectivity index (χ0v) is 31.9. The Bertz CT molecular complexity index is 2470. The lowest BCUT2D eigenvalue weighted by molar-refractivity contribution is 0.660. The maximum Gasteiger partial charge on any atom is 0.113 e. The summed E-state index contributed by atoms with van der Waals surface area (Å²) in [6.45, 7) is 13.1. The Kier molecular flexibility index (Phi) is 9.28. The highest BCUT2D eigenvalue weighted by atomic mass is 15.2. The molecule has 2 N–H and O–H groups in total. The third-order valence-electron chi connectivity index (χ3n) is 11.5. The Morgan fingerprint density at radius 2 is 1.54 bits per heavy atom. The number of hydrogen-bond acceptors (Lipinski definition) is 2. The molecular formula is C51H47BN2. The highest BCUT2D eigenvalue weighted by molar-refractivity contribution is 6.33. The van der Waals surface area contributed by atoms with Crippen LogP contribution >= 0.6 is 0 Å². The van der Waals surface area contributed by atoms with Crippen molar-refractivity contribution in [3.05, 3.63) is 185 Å². The van der Waals surface area contributed by atoms with E-state index in [0.717, 1.165) is 63.2 Å². The van der Waals surface area contributed by atoms with Crippen LogP contribution in [0.15, 0.2) is 163 Å². The first kappa shape index (κ1) is 35.2. The summed E-state index contributed by atoms with van der Waals surface area (Å²) in [4.78, 5) is 2.30. The molecule has 0 unspecified atom stereocenters. The molecule has 0 atom stereocenters. The second-order valence-corrected chi connectivity index (χ2v) is 15.3. The SMILES string of the molecule is [B]c1ccc(N2/C(N)=C/C(C)=C\C(=C\C(C=C)=C\C)c3cc(C4=CCCCC4)ccc3-c3ccc4c(c32)C(C)(C)c2ccccc2-4)c(-c2ccccc2)c1. The molecule has 8 rings (SSSR count). The first-order chi connectivity index (χ1) is 26.2. The number of allylic oxidation sites excluding steroid dienone is 10. The van der Waals surface area contributed by atoms with Gasteiger partial charge in [0.15, 0.2) is 0 Å². The number of nitrogens with two attached hydrogens (primary N) is 1. The molecule has 5 aromatic rings. The van der Waals surface area contributed by atoms with Crippen molar-refractivity contribution >= 4 is 35.8 Å². The summed E-state index contributed by atoms with van der Waals surface area (Å²) in [7, 11) is 6.56. The van der Waals surface area contributed by atoms with Gasteiger partial charge in [-0.15, -0.1) is 0 Å². The van der Waals surface area contributed by atoms with Crippen molar-refractivity contribution in [1.29, 1.82) is 0 Å². The largest absolute Gasteiger partial charge is 0.385 e. The summed E-state index contributed by atoms with van der Waals surface area (Å²) >= 11 is 0. The zero-order valence-electron chi connectivity index (χ0n) is 31.9. The Morgan fingerprint density at radius 3 is 2.30 bits per heavy atom. The number of benzene rings is 5. The molecule has 1 heterocycles. The van der Waals surface area contributed by atoms with E-state index in [9.17, 15) is 0 Å². The first-order valence-electron chi connectivity index (χ1n) is 19.2. The molecule has 5 aromatic carbocycles. The van der Waals surface area contributed by atoms with E-state index in [4.69, 9.17) is 13.6 Å². The molecule has 0 amide bonds. The van der Waals surface area contributed by atoms with Gasteiger partial charge in [-0.25, -0.2) is 0 Å². The van der Waals surface area contributed by atoms with Crippen LogP contribution in [0.25, 0.3) is 44.5 Å². The lowest BCUT2D eigenvalue weighted by Gasteiger charge is -2.36. The fourth-order valence-corrected chi connectivity index (χ4v) is 8.82. The molecular weight excluding hydrogens is 651 g/mol. The minimum Gasteiger partial charge on any atom is -0.385 e. The van der Waals surface area contributed by atoms with E-state index in [-0.39, 0.29) is 5.41 Å². The summed E-state index contributed by atoms with van der Waals surface area (Å²) < 4.78 is 0.